The number of methoxy groups -OCH3 is 2. The normalized spacial score (nSPS) is 11.8. The molecular formula is C16H18INO3S. The number of carbonyl (C=O) groups excluding carboxylic acids is 1. The van der Waals surface area contributed by atoms with Gasteiger partial charge in [-0.05, 0) is 52.6 Å². The Labute approximate surface area is 148 Å². The summed E-state index contributed by atoms with van der Waals surface area (Å²) in [4.78, 5) is 13.7. The van der Waals surface area contributed by atoms with E-state index in [9.17, 15) is 4.79 Å². The van der Waals surface area contributed by atoms with Gasteiger partial charge in [-0.3, -0.25) is 4.79 Å². The van der Waals surface area contributed by atoms with Gasteiger partial charge in [0.05, 0.1) is 25.8 Å². The number of rotatable bonds is 6. The molecule has 1 atom stereocenters. The van der Waals surface area contributed by atoms with Crippen LogP contribution in [0.2, 0.25) is 0 Å². The molecule has 1 N–H and O–H groups in total. The molecule has 0 aliphatic carbocycles. The molecule has 0 bridgehead atoms. The quantitative estimate of drug-likeness (QED) is 0.696. The Morgan fingerprint density at radius 1 is 1.32 bits per heavy atom. The lowest BCUT2D eigenvalue weighted by Gasteiger charge is -2.17. The van der Waals surface area contributed by atoms with Crippen LogP contribution in [-0.2, 0) is 0 Å². The van der Waals surface area contributed by atoms with E-state index in [-0.39, 0.29) is 11.9 Å². The molecule has 0 saturated carbocycles. The van der Waals surface area contributed by atoms with E-state index in [0.717, 1.165) is 14.9 Å². The van der Waals surface area contributed by atoms with Gasteiger partial charge in [-0.1, -0.05) is 13.0 Å². The number of hydrogen-bond acceptors (Lipinski definition) is 4. The summed E-state index contributed by atoms with van der Waals surface area (Å²) in [5.74, 6) is 1.07. The van der Waals surface area contributed by atoms with Crippen molar-refractivity contribution < 1.29 is 14.3 Å². The van der Waals surface area contributed by atoms with Crippen LogP contribution in [0.25, 0.3) is 0 Å². The van der Waals surface area contributed by atoms with Crippen LogP contribution in [0, 0.1) is 3.57 Å². The fourth-order valence-electron chi connectivity index (χ4n) is 2.13. The Balaban J connectivity index is 2.25. The number of thiophene rings is 1. The summed E-state index contributed by atoms with van der Waals surface area (Å²) < 4.78 is 11.4. The first-order valence-electron chi connectivity index (χ1n) is 6.86. The molecule has 1 heterocycles. The monoisotopic (exact) mass is 431 g/mol. The maximum Gasteiger partial charge on any atom is 0.253 e. The minimum atomic E-state index is -0.106. The van der Waals surface area contributed by atoms with Crippen LogP contribution in [0.15, 0.2) is 29.6 Å². The summed E-state index contributed by atoms with van der Waals surface area (Å²) >= 11 is 3.79. The summed E-state index contributed by atoms with van der Waals surface area (Å²) in [5.41, 5.74) is 0.591. The summed E-state index contributed by atoms with van der Waals surface area (Å²) in [6.07, 6.45) is 0.843. The van der Waals surface area contributed by atoms with E-state index < -0.39 is 0 Å². The molecule has 1 amide bonds. The number of carbonyl (C=O) groups is 1. The fourth-order valence-corrected chi connectivity index (χ4v) is 3.67. The molecule has 6 heteroatoms. The van der Waals surface area contributed by atoms with Crippen LogP contribution >= 0.6 is 33.9 Å². The average molecular weight is 431 g/mol. The largest absolute Gasteiger partial charge is 0.493 e. The molecule has 0 saturated heterocycles. The first kappa shape index (κ1) is 17.1. The highest BCUT2D eigenvalue weighted by molar-refractivity contribution is 14.1. The number of benzene rings is 1. The molecule has 1 aromatic heterocycles. The number of nitrogens with one attached hydrogen (secondary N) is 1. The van der Waals surface area contributed by atoms with Crippen molar-refractivity contribution in [1.82, 2.24) is 5.32 Å². The second-order valence-electron chi connectivity index (χ2n) is 4.64. The molecule has 0 spiro atoms. The van der Waals surface area contributed by atoms with Crippen molar-refractivity contribution in [3.05, 3.63) is 43.7 Å². The van der Waals surface area contributed by atoms with Gasteiger partial charge in [-0.25, -0.2) is 0 Å². The molecule has 1 unspecified atom stereocenters. The van der Waals surface area contributed by atoms with Crippen LogP contribution < -0.4 is 14.8 Å². The molecule has 22 heavy (non-hydrogen) atoms. The van der Waals surface area contributed by atoms with Crippen molar-refractivity contribution in [2.75, 3.05) is 14.2 Å². The van der Waals surface area contributed by atoms with Gasteiger partial charge in [0.1, 0.15) is 0 Å². The Morgan fingerprint density at radius 2 is 2.00 bits per heavy atom. The third-order valence-corrected chi connectivity index (χ3v) is 5.20. The molecule has 2 rings (SSSR count). The first-order chi connectivity index (χ1) is 10.6. The van der Waals surface area contributed by atoms with E-state index in [1.54, 1.807) is 37.7 Å². The SMILES string of the molecule is CCC(NC(=O)c1cc(OC)c(OC)cc1I)c1cccs1. The molecule has 4 nitrogen and oxygen atoms in total. The van der Waals surface area contributed by atoms with E-state index in [2.05, 4.69) is 34.8 Å². The molecule has 0 aliphatic rings. The minimum absolute atomic E-state index is 0.0244. The van der Waals surface area contributed by atoms with E-state index >= 15 is 0 Å². The maximum atomic E-state index is 12.6. The molecule has 118 valence electrons. The van der Waals surface area contributed by atoms with Crippen molar-refractivity contribution in [2.45, 2.75) is 19.4 Å². The minimum Gasteiger partial charge on any atom is -0.493 e. The molecular weight excluding hydrogens is 413 g/mol. The second-order valence-corrected chi connectivity index (χ2v) is 6.78. The number of ether oxygens (including phenoxy) is 2. The molecule has 0 radical (unpaired) electrons. The zero-order valence-electron chi connectivity index (χ0n) is 12.7. The fraction of sp³-hybridized carbons (Fsp3) is 0.312. The topological polar surface area (TPSA) is 47.6 Å². The van der Waals surface area contributed by atoms with Gasteiger partial charge in [0.2, 0.25) is 0 Å². The third-order valence-electron chi connectivity index (χ3n) is 3.32. The van der Waals surface area contributed by atoms with Crippen LogP contribution in [0.5, 0.6) is 11.5 Å². The van der Waals surface area contributed by atoms with Crippen LogP contribution in [0.4, 0.5) is 0 Å². The predicted molar refractivity (Wildman–Crippen MR) is 97.1 cm³/mol. The lowest BCUT2D eigenvalue weighted by molar-refractivity contribution is 0.0935. The van der Waals surface area contributed by atoms with Crippen molar-refractivity contribution in [2.24, 2.45) is 0 Å². The predicted octanol–water partition coefficient (Wildman–Crippen LogP) is 4.25. The van der Waals surface area contributed by atoms with E-state index in [4.69, 9.17) is 9.47 Å². The van der Waals surface area contributed by atoms with Crippen molar-refractivity contribution in [3.8, 4) is 11.5 Å². The van der Waals surface area contributed by atoms with Gasteiger partial charge in [0, 0.05) is 8.45 Å². The number of halogens is 1. The van der Waals surface area contributed by atoms with E-state index in [1.165, 1.54) is 0 Å². The van der Waals surface area contributed by atoms with Gasteiger partial charge >= 0.3 is 0 Å². The molecule has 0 fully saturated rings. The number of amides is 1. The Morgan fingerprint density at radius 3 is 2.55 bits per heavy atom. The lowest BCUT2D eigenvalue weighted by atomic mass is 10.1. The zero-order chi connectivity index (χ0) is 16.1. The average Bonchev–Trinajstić information content (AvgIpc) is 3.06. The number of hydrogen-bond donors (Lipinski definition) is 1. The standard InChI is InChI=1S/C16H18INO3S/c1-4-12(15-6-5-7-22-15)18-16(19)10-8-13(20-2)14(21-3)9-11(10)17/h5-9,12H,4H2,1-3H3,(H,18,19). The van der Waals surface area contributed by atoms with Crippen LogP contribution in [0.3, 0.4) is 0 Å². The summed E-state index contributed by atoms with van der Waals surface area (Å²) in [6.45, 7) is 2.06. The highest BCUT2D eigenvalue weighted by atomic mass is 127. The van der Waals surface area contributed by atoms with Gasteiger partial charge in [0.15, 0.2) is 11.5 Å². The van der Waals surface area contributed by atoms with Gasteiger partial charge < -0.3 is 14.8 Å². The summed E-state index contributed by atoms with van der Waals surface area (Å²) in [7, 11) is 3.14. The highest BCUT2D eigenvalue weighted by Crippen LogP contribution is 2.32. The third kappa shape index (κ3) is 3.73. The summed E-state index contributed by atoms with van der Waals surface area (Å²) in [6, 6.07) is 7.59. The van der Waals surface area contributed by atoms with Crippen molar-refractivity contribution in [3.63, 3.8) is 0 Å². The maximum absolute atomic E-state index is 12.6. The van der Waals surface area contributed by atoms with E-state index in [1.807, 2.05) is 17.5 Å². The van der Waals surface area contributed by atoms with Crippen LogP contribution in [-0.4, -0.2) is 20.1 Å². The smallest absolute Gasteiger partial charge is 0.253 e. The summed E-state index contributed by atoms with van der Waals surface area (Å²) in [5, 5.41) is 5.10. The second kappa shape index (κ2) is 7.82. The Kier molecular flexibility index (Phi) is 6.07. The molecule has 1 aromatic carbocycles. The Hall–Kier alpha value is -1.28. The Bertz CT molecular complexity index is 643. The van der Waals surface area contributed by atoms with E-state index in [0.29, 0.717) is 17.1 Å². The van der Waals surface area contributed by atoms with Crippen LogP contribution in [0.1, 0.15) is 34.6 Å². The van der Waals surface area contributed by atoms with Crippen molar-refractivity contribution >= 4 is 39.8 Å². The van der Waals surface area contributed by atoms with Crippen molar-refractivity contribution in [1.29, 1.82) is 0 Å². The molecule has 2 aromatic rings. The van der Waals surface area contributed by atoms with Gasteiger partial charge in [-0.15, -0.1) is 11.3 Å². The zero-order valence-corrected chi connectivity index (χ0v) is 15.7. The van der Waals surface area contributed by atoms with Gasteiger partial charge in [0.25, 0.3) is 5.91 Å². The lowest BCUT2D eigenvalue weighted by Crippen LogP contribution is -2.28. The highest BCUT2D eigenvalue weighted by Gasteiger charge is 2.19. The molecule has 0 aliphatic heterocycles. The van der Waals surface area contributed by atoms with Gasteiger partial charge in [-0.2, -0.15) is 0 Å². The first-order valence-corrected chi connectivity index (χ1v) is 8.82.